The fraction of sp³-hybridized carbons (Fsp3) is 0.417. The van der Waals surface area contributed by atoms with E-state index in [4.69, 9.17) is 0 Å². The van der Waals surface area contributed by atoms with Crippen LogP contribution < -0.4 is 0 Å². The lowest BCUT2D eigenvalue weighted by Crippen LogP contribution is -2.14. The topological polar surface area (TPSA) is 0 Å². The average Bonchev–Trinajstić information content (AvgIpc) is 2.54. The first-order valence-corrected chi connectivity index (χ1v) is 9.05. The van der Waals surface area contributed by atoms with Crippen LogP contribution >= 0.6 is 0 Å². The third-order valence-corrected chi connectivity index (χ3v) is 5.09. The zero-order chi connectivity index (χ0) is 18.1. The van der Waals surface area contributed by atoms with Gasteiger partial charge in [-0.15, -0.1) is 6.58 Å². The molecule has 0 heteroatoms. The van der Waals surface area contributed by atoms with Crippen LogP contribution in [0.15, 0.2) is 49.1 Å². The summed E-state index contributed by atoms with van der Waals surface area (Å²) in [6.45, 7) is 19.8. The number of benzene rings is 2. The minimum Gasteiger partial charge on any atom is -0.102 e. The van der Waals surface area contributed by atoms with Crippen LogP contribution in [0, 0.1) is 6.92 Å². The Labute approximate surface area is 148 Å². The summed E-state index contributed by atoms with van der Waals surface area (Å²) in [6, 6.07) is 13.9. The van der Waals surface area contributed by atoms with Gasteiger partial charge in [-0.1, -0.05) is 84.0 Å². The van der Waals surface area contributed by atoms with Gasteiger partial charge in [0.1, 0.15) is 0 Å². The maximum Gasteiger partial charge on any atom is 0.00755 e. The van der Waals surface area contributed by atoms with Crippen molar-refractivity contribution in [3.05, 3.63) is 71.3 Å². The molecule has 0 aliphatic carbocycles. The molecule has 0 heterocycles. The summed E-state index contributed by atoms with van der Waals surface area (Å²) < 4.78 is 0. The van der Waals surface area contributed by atoms with Gasteiger partial charge < -0.3 is 0 Å². The average molecular weight is 321 g/mol. The molecule has 0 atom stereocenters. The Hall–Kier alpha value is -1.82. The molecule has 128 valence electrons. The van der Waals surface area contributed by atoms with Gasteiger partial charge in [-0.05, 0) is 52.1 Å². The minimum atomic E-state index is -0.0172. The number of hydrogen-bond donors (Lipinski definition) is 0. The Morgan fingerprint density at radius 1 is 0.833 bits per heavy atom. The van der Waals surface area contributed by atoms with Crippen molar-refractivity contribution in [3.8, 4) is 11.1 Å². The molecule has 2 aromatic rings. The third-order valence-electron chi connectivity index (χ3n) is 5.09. The normalized spacial score (nSPS) is 12.0. The number of aryl methyl sites for hydroxylation is 1. The van der Waals surface area contributed by atoms with Gasteiger partial charge >= 0.3 is 0 Å². The van der Waals surface area contributed by atoms with E-state index in [2.05, 4.69) is 91.4 Å². The van der Waals surface area contributed by atoms with Crippen molar-refractivity contribution in [2.45, 2.75) is 65.7 Å². The highest BCUT2D eigenvalue weighted by Gasteiger charge is 2.19. The van der Waals surface area contributed by atoms with E-state index in [0.717, 1.165) is 0 Å². The molecular weight excluding hydrogens is 288 g/mol. The quantitative estimate of drug-likeness (QED) is 0.504. The lowest BCUT2D eigenvalue weighted by Gasteiger charge is -2.24. The summed E-state index contributed by atoms with van der Waals surface area (Å²) in [5.41, 5.74) is 8.13. The Kier molecular flexibility index (Phi) is 5.38. The Morgan fingerprint density at radius 3 is 1.83 bits per heavy atom. The van der Waals surface area contributed by atoms with Crippen LogP contribution in [0.2, 0.25) is 0 Å². The first-order valence-electron chi connectivity index (χ1n) is 9.05. The summed E-state index contributed by atoms with van der Waals surface area (Å²) in [7, 11) is 0. The van der Waals surface area contributed by atoms with Crippen molar-refractivity contribution in [2.75, 3.05) is 0 Å². The SMILES string of the molecule is C=CC(C)(C)c1cc(-c2cc(C(C)C)cc(C(C)C)c2)ccc1C. The van der Waals surface area contributed by atoms with Gasteiger partial charge in [0.2, 0.25) is 0 Å². The molecule has 0 unspecified atom stereocenters. The molecule has 0 radical (unpaired) electrons. The predicted octanol–water partition coefficient (Wildman–Crippen LogP) is 7.37. The lowest BCUT2D eigenvalue weighted by atomic mass is 9.80. The molecule has 0 aromatic heterocycles. The molecule has 0 nitrogen and oxygen atoms in total. The van der Waals surface area contributed by atoms with E-state index < -0.39 is 0 Å². The van der Waals surface area contributed by atoms with Gasteiger partial charge in [-0.2, -0.15) is 0 Å². The zero-order valence-electron chi connectivity index (χ0n) is 16.4. The summed E-state index contributed by atoms with van der Waals surface area (Å²) in [5.74, 6) is 1.08. The smallest absolute Gasteiger partial charge is 0.00755 e. The number of rotatable bonds is 5. The molecule has 0 N–H and O–H groups in total. The van der Waals surface area contributed by atoms with E-state index in [-0.39, 0.29) is 5.41 Å². The summed E-state index contributed by atoms with van der Waals surface area (Å²) in [4.78, 5) is 0. The fourth-order valence-electron chi connectivity index (χ4n) is 3.12. The molecule has 0 aliphatic heterocycles. The van der Waals surface area contributed by atoms with Crippen molar-refractivity contribution in [1.29, 1.82) is 0 Å². The van der Waals surface area contributed by atoms with E-state index in [1.54, 1.807) is 0 Å². The first kappa shape index (κ1) is 18.5. The molecule has 0 saturated carbocycles. The van der Waals surface area contributed by atoms with E-state index in [0.29, 0.717) is 11.8 Å². The molecule has 24 heavy (non-hydrogen) atoms. The molecule has 0 aliphatic rings. The largest absolute Gasteiger partial charge is 0.102 e. The summed E-state index contributed by atoms with van der Waals surface area (Å²) >= 11 is 0. The van der Waals surface area contributed by atoms with E-state index >= 15 is 0 Å². The summed E-state index contributed by atoms with van der Waals surface area (Å²) in [6.07, 6.45) is 2.04. The van der Waals surface area contributed by atoms with Crippen LogP contribution in [0.4, 0.5) is 0 Å². The molecule has 0 bridgehead atoms. The molecular formula is C24H32. The lowest BCUT2D eigenvalue weighted by molar-refractivity contribution is 0.667. The van der Waals surface area contributed by atoms with E-state index in [1.807, 2.05) is 6.08 Å². The molecule has 0 spiro atoms. The van der Waals surface area contributed by atoms with Crippen molar-refractivity contribution in [2.24, 2.45) is 0 Å². The van der Waals surface area contributed by atoms with Crippen molar-refractivity contribution in [1.82, 2.24) is 0 Å². The molecule has 0 amide bonds. The van der Waals surface area contributed by atoms with Gasteiger partial charge in [0.05, 0.1) is 0 Å². The second kappa shape index (κ2) is 6.97. The molecule has 2 rings (SSSR count). The van der Waals surface area contributed by atoms with Crippen LogP contribution in [-0.2, 0) is 5.41 Å². The highest BCUT2D eigenvalue weighted by atomic mass is 14.2. The van der Waals surface area contributed by atoms with Gasteiger partial charge in [-0.3, -0.25) is 0 Å². The Bertz CT molecular complexity index is 703. The van der Waals surface area contributed by atoms with Gasteiger partial charge in [0, 0.05) is 5.41 Å². The highest BCUT2D eigenvalue weighted by molar-refractivity contribution is 5.67. The highest BCUT2D eigenvalue weighted by Crippen LogP contribution is 2.34. The monoisotopic (exact) mass is 320 g/mol. The van der Waals surface area contributed by atoms with Crippen molar-refractivity contribution >= 4 is 0 Å². The van der Waals surface area contributed by atoms with Crippen molar-refractivity contribution in [3.63, 3.8) is 0 Å². The third kappa shape index (κ3) is 3.80. The predicted molar refractivity (Wildman–Crippen MR) is 108 cm³/mol. The standard InChI is InChI=1S/C24H32/c1-9-24(7,8)23-15-19(11-10-18(23)6)22-13-20(16(2)3)12-21(14-22)17(4)5/h9-17H,1H2,2-8H3. The molecule has 2 aromatic carbocycles. The molecule has 0 saturated heterocycles. The van der Waals surface area contributed by atoms with E-state index in [1.165, 1.54) is 33.4 Å². The van der Waals surface area contributed by atoms with Crippen LogP contribution in [0.25, 0.3) is 11.1 Å². The maximum absolute atomic E-state index is 4.03. The minimum absolute atomic E-state index is 0.0172. The Morgan fingerprint density at radius 2 is 1.38 bits per heavy atom. The van der Waals surface area contributed by atoms with E-state index in [9.17, 15) is 0 Å². The van der Waals surface area contributed by atoms with Gasteiger partial charge in [0.25, 0.3) is 0 Å². The zero-order valence-corrected chi connectivity index (χ0v) is 16.4. The maximum atomic E-state index is 4.03. The summed E-state index contributed by atoms with van der Waals surface area (Å²) in [5, 5.41) is 0. The fourth-order valence-corrected chi connectivity index (χ4v) is 3.12. The van der Waals surface area contributed by atoms with Crippen LogP contribution in [0.5, 0.6) is 0 Å². The second-order valence-electron chi connectivity index (χ2n) is 8.15. The number of hydrogen-bond acceptors (Lipinski definition) is 0. The molecule has 0 fully saturated rings. The van der Waals surface area contributed by atoms with Crippen molar-refractivity contribution < 1.29 is 0 Å². The van der Waals surface area contributed by atoms with Crippen LogP contribution in [0.3, 0.4) is 0 Å². The first-order chi connectivity index (χ1) is 11.2. The van der Waals surface area contributed by atoms with Crippen LogP contribution in [-0.4, -0.2) is 0 Å². The van der Waals surface area contributed by atoms with Gasteiger partial charge in [0.15, 0.2) is 0 Å². The van der Waals surface area contributed by atoms with Gasteiger partial charge in [-0.25, -0.2) is 0 Å². The Balaban J connectivity index is 2.64. The van der Waals surface area contributed by atoms with Crippen LogP contribution in [0.1, 0.15) is 75.6 Å². The second-order valence-corrected chi connectivity index (χ2v) is 8.15. The number of allylic oxidation sites excluding steroid dienone is 1.